The lowest BCUT2D eigenvalue weighted by Crippen LogP contribution is -2.16. The lowest BCUT2D eigenvalue weighted by Gasteiger charge is -2.09. The molecule has 0 saturated carbocycles. The SMILES string of the molecule is CCNc1nc(NC(=O)Cc2ccccc2C)ccc1[N+](=O)[O-]. The first-order valence-corrected chi connectivity index (χ1v) is 7.25. The number of nitrogens with one attached hydrogen (secondary N) is 2. The van der Waals surface area contributed by atoms with Crippen LogP contribution >= 0.6 is 0 Å². The van der Waals surface area contributed by atoms with Gasteiger partial charge in [0.05, 0.1) is 11.3 Å². The van der Waals surface area contributed by atoms with Crippen LogP contribution in [0.1, 0.15) is 18.1 Å². The Morgan fingerprint density at radius 3 is 2.65 bits per heavy atom. The molecule has 2 aromatic rings. The number of hydrogen-bond acceptors (Lipinski definition) is 5. The van der Waals surface area contributed by atoms with Crippen molar-refractivity contribution in [1.29, 1.82) is 0 Å². The third kappa shape index (κ3) is 4.26. The Balaban J connectivity index is 2.13. The zero-order valence-corrected chi connectivity index (χ0v) is 13.0. The predicted molar refractivity (Wildman–Crippen MR) is 88.6 cm³/mol. The van der Waals surface area contributed by atoms with E-state index in [1.54, 1.807) is 0 Å². The molecule has 1 aromatic heterocycles. The Hall–Kier alpha value is -2.96. The summed E-state index contributed by atoms with van der Waals surface area (Å²) < 4.78 is 0. The van der Waals surface area contributed by atoms with Crippen LogP contribution in [0.3, 0.4) is 0 Å². The van der Waals surface area contributed by atoms with E-state index in [1.165, 1.54) is 12.1 Å². The Labute approximate surface area is 133 Å². The first-order valence-electron chi connectivity index (χ1n) is 7.25. The van der Waals surface area contributed by atoms with Gasteiger partial charge < -0.3 is 10.6 Å². The summed E-state index contributed by atoms with van der Waals surface area (Å²) in [5.74, 6) is 0.208. The smallest absolute Gasteiger partial charge is 0.311 e. The molecule has 0 fully saturated rings. The summed E-state index contributed by atoms with van der Waals surface area (Å²) in [5, 5.41) is 16.4. The van der Waals surface area contributed by atoms with E-state index in [0.29, 0.717) is 6.54 Å². The molecule has 7 heteroatoms. The number of aromatic nitrogens is 1. The average molecular weight is 314 g/mol. The number of rotatable bonds is 6. The van der Waals surface area contributed by atoms with Gasteiger partial charge in [-0.15, -0.1) is 0 Å². The number of pyridine rings is 1. The topological polar surface area (TPSA) is 97.2 Å². The number of aryl methyl sites for hydroxylation is 1. The van der Waals surface area contributed by atoms with Crippen molar-refractivity contribution in [3.63, 3.8) is 0 Å². The van der Waals surface area contributed by atoms with E-state index in [4.69, 9.17) is 0 Å². The van der Waals surface area contributed by atoms with Gasteiger partial charge >= 0.3 is 5.69 Å². The summed E-state index contributed by atoms with van der Waals surface area (Å²) in [6.45, 7) is 4.25. The van der Waals surface area contributed by atoms with Crippen LogP contribution in [0.5, 0.6) is 0 Å². The van der Waals surface area contributed by atoms with Gasteiger partial charge in [0, 0.05) is 12.6 Å². The molecule has 0 aliphatic carbocycles. The maximum absolute atomic E-state index is 12.1. The van der Waals surface area contributed by atoms with Gasteiger partial charge in [0.1, 0.15) is 5.82 Å². The Morgan fingerprint density at radius 2 is 2.00 bits per heavy atom. The van der Waals surface area contributed by atoms with E-state index in [1.807, 2.05) is 38.1 Å². The average Bonchev–Trinajstić information content (AvgIpc) is 2.50. The van der Waals surface area contributed by atoms with Crippen LogP contribution in [0, 0.1) is 17.0 Å². The molecule has 7 nitrogen and oxygen atoms in total. The number of carbonyl (C=O) groups is 1. The highest BCUT2D eigenvalue weighted by Crippen LogP contribution is 2.23. The third-order valence-electron chi connectivity index (χ3n) is 3.29. The molecule has 0 atom stereocenters. The van der Waals surface area contributed by atoms with Gasteiger partial charge in [0.25, 0.3) is 0 Å². The van der Waals surface area contributed by atoms with Crippen LogP contribution in [0.4, 0.5) is 17.3 Å². The Bertz CT molecular complexity index is 731. The molecule has 120 valence electrons. The second-order valence-electron chi connectivity index (χ2n) is 5.00. The minimum atomic E-state index is -0.510. The summed E-state index contributed by atoms with van der Waals surface area (Å²) >= 11 is 0. The maximum Gasteiger partial charge on any atom is 0.311 e. The van der Waals surface area contributed by atoms with Gasteiger partial charge in [-0.1, -0.05) is 24.3 Å². The van der Waals surface area contributed by atoms with Crippen molar-refractivity contribution in [3.05, 3.63) is 57.6 Å². The molecule has 23 heavy (non-hydrogen) atoms. The fourth-order valence-corrected chi connectivity index (χ4v) is 2.13. The molecular formula is C16H18N4O3. The van der Waals surface area contributed by atoms with E-state index >= 15 is 0 Å². The van der Waals surface area contributed by atoms with Crippen LogP contribution < -0.4 is 10.6 Å². The summed E-state index contributed by atoms with van der Waals surface area (Å²) in [7, 11) is 0. The second-order valence-corrected chi connectivity index (χ2v) is 5.00. The Kier molecular flexibility index (Phi) is 5.24. The minimum Gasteiger partial charge on any atom is -0.365 e. The van der Waals surface area contributed by atoms with Crippen LogP contribution in [-0.4, -0.2) is 22.4 Å². The molecule has 1 aromatic carbocycles. The molecule has 0 bridgehead atoms. The molecule has 2 rings (SSSR count). The van der Waals surface area contributed by atoms with Gasteiger partial charge in [0.2, 0.25) is 11.7 Å². The number of carbonyl (C=O) groups excluding carboxylic acids is 1. The van der Waals surface area contributed by atoms with Gasteiger partial charge in [-0.3, -0.25) is 14.9 Å². The second kappa shape index (κ2) is 7.35. The summed E-state index contributed by atoms with van der Waals surface area (Å²) in [6, 6.07) is 10.4. The van der Waals surface area contributed by atoms with Crippen molar-refractivity contribution in [2.75, 3.05) is 17.2 Å². The number of amides is 1. The lowest BCUT2D eigenvalue weighted by molar-refractivity contribution is -0.384. The number of hydrogen-bond donors (Lipinski definition) is 2. The largest absolute Gasteiger partial charge is 0.365 e. The van der Waals surface area contributed by atoms with Crippen LogP contribution in [0.25, 0.3) is 0 Å². The van der Waals surface area contributed by atoms with Crippen molar-refractivity contribution in [2.24, 2.45) is 0 Å². The van der Waals surface area contributed by atoms with Crippen molar-refractivity contribution >= 4 is 23.2 Å². The van der Waals surface area contributed by atoms with Gasteiger partial charge in [0.15, 0.2) is 0 Å². The molecular weight excluding hydrogens is 296 g/mol. The number of nitro groups is 1. The van der Waals surface area contributed by atoms with Crippen LogP contribution in [0.15, 0.2) is 36.4 Å². The first-order chi connectivity index (χ1) is 11.0. The van der Waals surface area contributed by atoms with E-state index in [9.17, 15) is 14.9 Å². The molecule has 0 spiro atoms. The first kappa shape index (κ1) is 16.4. The van der Waals surface area contributed by atoms with Crippen molar-refractivity contribution in [3.8, 4) is 0 Å². The van der Waals surface area contributed by atoms with E-state index in [-0.39, 0.29) is 29.7 Å². The normalized spacial score (nSPS) is 10.2. The number of anilines is 2. The molecule has 0 unspecified atom stereocenters. The highest BCUT2D eigenvalue weighted by atomic mass is 16.6. The predicted octanol–water partition coefficient (Wildman–Crippen LogP) is 2.91. The van der Waals surface area contributed by atoms with Crippen LogP contribution in [-0.2, 0) is 11.2 Å². The molecule has 0 aliphatic rings. The monoisotopic (exact) mass is 314 g/mol. The van der Waals surface area contributed by atoms with Gasteiger partial charge in [-0.25, -0.2) is 4.98 Å². The van der Waals surface area contributed by atoms with Crippen molar-refractivity contribution in [1.82, 2.24) is 4.98 Å². The number of nitrogens with zero attached hydrogens (tertiary/aromatic N) is 2. The zero-order valence-electron chi connectivity index (χ0n) is 13.0. The van der Waals surface area contributed by atoms with E-state index in [2.05, 4.69) is 15.6 Å². The summed E-state index contributed by atoms with van der Waals surface area (Å²) in [5.41, 5.74) is 1.84. The zero-order chi connectivity index (χ0) is 16.8. The van der Waals surface area contributed by atoms with Gasteiger partial charge in [-0.05, 0) is 31.0 Å². The molecule has 2 N–H and O–H groups in total. The molecule has 1 heterocycles. The third-order valence-corrected chi connectivity index (χ3v) is 3.29. The van der Waals surface area contributed by atoms with E-state index < -0.39 is 4.92 Å². The molecule has 0 radical (unpaired) electrons. The van der Waals surface area contributed by atoms with Crippen LogP contribution in [0.2, 0.25) is 0 Å². The highest BCUT2D eigenvalue weighted by Gasteiger charge is 2.16. The molecule has 0 saturated heterocycles. The fraction of sp³-hybridized carbons (Fsp3) is 0.250. The summed E-state index contributed by atoms with van der Waals surface area (Å²) in [4.78, 5) is 26.7. The number of benzene rings is 1. The Morgan fingerprint density at radius 1 is 1.26 bits per heavy atom. The highest BCUT2D eigenvalue weighted by molar-refractivity contribution is 5.92. The molecule has 0 aliphatic heterocycles. The van der Waals surface area contributed by atoms with E-state index in [0.717, 1.165) is 11.1 Å². The summed E-state index contributed by atoms with van der Waals surface area (Å²) in [6.07, 6.45) is 0.224. The lowest BCUT2D eigenvalue weighted by atomic mass is 10.1. The standard InChI is InChI=1S/C16H18N4O3/c1-3-17-16-13(20(22)23)8-9-14(19-16)18-15(21)10-12-7-5-4-6-11(12)2/h4-9H,3,10H2,1-2H3,(H2,17,18,19,21). The maximum atomic E-state index is 12.1. The van der Waals surface area contributed by atoms with Crippen molar-refractivity contribution < 1.29 is 9.72 Å². The molecule has 1 amide bonds. The fourth-order valence-electron chi connectivity index (χ4n) is 2.13. The van der Waals surface area contributed by atoms with Crippen molar-refractivity contribution in [2.45, 2.75) is 20.3 Å². The minimum absolute atomic E-state index is 0.122. The van der Waals surface area contributed by atoms with Gasteiger partial charge in [-0.2, -0.15) is 0 Å². The quantitative estimate of drug-likeness (QED) is 0.631.